The maximum Gasteiger partial charge on any atom is 0.199 e. The van der Waals surface area contributed by atoms with E-state index in [0.29, 0.717) is 23.3 Å². The van der Waals surface area contributed by atoms with Crippen LogP contribution in [0.5, 0.6) is 0 Å². The molecule has 0 aliphatic heterocycles. The zero-order chi connectivity index (χ0) is 18.8. The molecule has 5 heteroatoms. The number of nitrogen functional groups attached to an aromatic ring is 1. The van der Waals surface area contributed by atoms with Crippen LogP contribution in [0.15, 0.2) is 52.9 Å². The average molecular weight is 378 g/mol. The molecule has 4 nitrogen and oxygen atoms in total. The molecule has 138 valence electrons. The molecule has 27 heavy (non-hydrogen) atoms. The fourth-order valence-electron chi connectivity index (χ4n) is 3.05. The van der Waals surface area contributed by atoms with Crippen molar-refractivity contribution in [2.45, 2.75) is 39.0 Å². The molecule has 0 radical (unpaired) electrons. The van der Waals surface area contributed by atoms with E-state index < -0.39 is 0 Å². The van der Waals surface area contributed by atoms with Crippen LogP contribution < -0.4 is 5.73 Å². The van der Waals surface area contributed by atoms with E-state index in [0.717, 1.165) is 22.4 Å². The van der Waals surface area contributed by atoms with Crippen LogP contribution >= 0.6 is 11.3 Å². The summed E-state index contributed by atoms with van der Waals surface area (Å²) in [5.74, 6) is 3.40. The zero-order valence-electron chi connectivity index (χ0n) is 15.6. The third-order valence-corrected chi connectivity index (χ3v) is 5.55. The number of aromatic nitrogens is 2. The summed E-state index contributed by atoms with van der Waals surface area (Å²) in [6.07, 6.45) is 3.30. The van der Waals surface area contributed by atoms with Crippen molar-refractivity contribution in [1.82, 2.24) is 9.97 Å². The van der Waals surface area contributed by atoms with Crippen LogP contribution in [0.4, 0.5) is 5.82 Å². The lowest BCUT2D eigenvalue weighted by atomic mass is 10.1. The Morgan fingerprint density at radius 3 is 2.59 bits per heavy atom. The Morgan fingerprint density at radius 1 is 1.07 bits per heavy atom. The van der Waals surface area contributed by atoms with Crippen LogP contribution in [-0.4, -0.2) is 9.97 Å². The molecule has 0 amide bonds. The fourth-order valence-corrected chi connectivity index (χ4v) is 4.12. The van der Waals surface area contributed by atoms with E-state index in [2.05, 4.69) is 35.3 Å². The molecular formula is C22H23N3OS. The van der Waals surface area contributed by atoms with Gasteiger partial charge in [-0.15, -0.1) is 11.3 Å². The van der Waals surface area contributed by atoms with Crippen LogP contribution in [0.2, 0.25) is 0 Å². The molecule has 1 saturated carbocycles. The van der Waals surface area contributed by atoms with Gasteiger partial charge in [0.1, 0.15) is 16.4 Å². The Hall–Kier alpha value is -2.66. The Balaban J connectivity index is 0.000000872. The van der Waals surface area contributed by atoms with Crippen LogP contribution in [0.25, 0.3) is 21.8 Å². The first kappa shape index (κ1) is 17.7. The predicted molar refractivity (Wildman–Crippen MR) is 112 cm³/mol. The summed E-state index contributed by atoms with van der Waals surface area (Å²) in [5, 5.41) is 0.925. The highest BCUT2D eigenvalue weighted by Gasteiger charge is 2.27. The molecule has 0 saturated heterocycles. The summed E-state index contributed by atoms with van der Waals surface area (Å²) in [6.45, 7) is 4.00. The average Bonchev–Trinajstić information content (AvgIpc) is 3.27. The number of hydrogen-bond acceptors (Lipinski definition) is 5. The lowest BCUT2D eigenvalue weighted by Crippen LogP contribution is -1.95. The van der Waals surface area contributed by atoms with E-state index in [9.17, 15) is 0 Å². The Kier molecular flexibility index (Phi) is 4.94. The summed E-state index contributed by atoms with van der Waals surface area (Å²) < 4.78 is 5.92. The molecule has 0 atom stereocenters. The molecular weight excluding hydrogens is 354 g/mol. The minimum atomic E-state index is 0.514. The first-order chi connectivity index (χ1) is 13.3. The number of thiophene rings is 1. The van der Waals surface area contributed by atoms with Crippen LogP contribution in [0.3, 0.4) is 0 Å². The molecule has 1 aliphatic rings. The third kappa shape index (κ3) is 3.74. The molecule has 0 bridgehead atoms. The van der Waals surface area contributed by atoms with Gasteiger partial charge in [-0.1, -0.05) is 44.2 Å². The topological polar surface area (TPSA) is 64.9 Å². The first-order valence-corrected chi connectivity index (χ1v) is 10.3. The number of nitrogens with two attached hydrogens (primary N) is 1. The summed E-state index contributed by atoms with van der Waals surface area (Å²) in [5.41, 5.74) is 7.47. The maximum absolute atomic E-state index is 6.19. The Labute approximate surface area is 163 Å². The van der Waals surface area contributed by atoms with Gasteiger partial charge in [-0.05, 0) is 36.6 Å². The predicted octanol–water partition coefficient (Wildman–Crippen LogP) is 6.03. The lowest BCUT2D eigenvalue weighted by molar-refractivity contribution is 0.522. The number of furan rings is 1. The molecule has 1 aromatic carbocycles. The second-order valence-corrected chi connectivity index (χ2v) is 7.62. The summed E-state index contributed by atoms with van der Waals surface area (Å²) in [4.78, 5) is 11.3. The molecule has 4 aromatic rings. The fraction of sp³-hybridized carbons (Fsp3) is 0.273. The van der Waals surface area contributed by atoms with E-state index in [-0.39, 0.29) is 0 Å². The highest BCUT2D eigenvalue weighted by atomic mass is 32.1. The van der Waals surface area contributed by atoms with Crippen molar-refractivity contribution >= 4 is 27.4 Å². The highest BCUT2D eigenvalue weighted by Crippen LogP contribution is 2.42. The second-order valence-electron chi connectivity index (χ2n) is 6.50. The van der Waals surface area contributed by atoms with E-state index in [1.807, 2.05) is 32.0 Å². The van der Waals surface area contributed by atoms with Gasteiger partial charge in [-0.2, -0.15) is 0 Å². The van der Waals surface area contributed by atoms with Gasteiger partial charge in [0.15, 0.2) is 11.6 Å². The summed E-state index contributed by atoms with van der Waals surface area (Å²) in [7, 11) is 0. The van der Waals surface area contributed by atoms with E-state index in [1.165, 1.54) is 23.3 Å². The van der Waals surface area contributed by atoms with Gasteiger partial charge in [0.2, 0.25) is 0 Å². The number of hydrogen-bond donors (Lipinski definition) is 1. The smallest absolute Gasteiger partial charge is 0.199 e. The number of fused-ring (bicyclic) bond motifs is 1. The molecule has 5 rings (SSSR count). The van der Waals surface area contributed by atoms with Crippen molar-refractivity contribution < 1.29 is 4.42 Å². The van der Waals surface area contributed by atoms with Crippen molar-refractivity contribution in [2.24, 2.45) is 0 Å². The standard InChI is InChI=1S/C20H17N3OS.C2H6/c21-18-15-11-14(10-12-4-2-1-3-5-12)25-20(15)23-19(22-18)17-9-8-16(24-17)13-6-7-13;1-2/h1-5,8-9,11,13H,6-7,10H2,(H2,21,22,23);1-2H3. The van der Waals surface area contributed by atoms with Crippen molar-refractivity contribution in [3.8, 4) is 11.6 Å². The molecule has 1 fully saturated rings. The Morgan fingerprint density at radius 2 is 1.85 bits per heavy atom. The van der Waals surface area contributed by atoms with Gasteiger partial charge < -0.3 is 10.2 Å². The molecule has 1 aliphatic carbocycles. The van der Waals surface area contributed by atoms with Crippen molar-refractivity contribution in [2.75, 3.05) is 5.73 Å². The van der Waals surface area contributed by atoms with Crippen molar-refractivity contribution in [3.05, 3.63) is 64.7 Å². The van der Waals surface area contributed by atoms with Crippen molar-refractivity contribution in [3.63, 3.8) is 0 Å². The molecule has 2 N–H and O–H groups in total. The van der Waals surface area contributed by atoms with Gasteiger partial charge in [0, 0.05) is 17.2 Å². The molecule has 0 unspecified atom stereocenters. The number of rotatable bonds is 4. The van der Waals surface area contributed by atoms with Gasteiger partial charge in [-0.25, -0.2) is 9.97 Å². The first-order valence-electron chi connectivity index (χ1n) is 9.46. The quantitative estimate of drug-likeness (QED) is 0.472. The number of benzene rings is 1. The molecule has 0 spiro atoms. The van der Waals surface area contributed by atoms with E-state index >= 15 is 0 Å². The normalized spacial score (nSPS) is 13.4. The SMILES string of the molecule is CC.Nc1nc(-c2ccc(C3CC3)o2)nc2sc(Cc3ccccc3)cc12. The van der Waals surface area contributed by atoms with Crippen LogP contribution in [0, 0.1) is 0 Å². The number of nitrogens with zero attached hydrogens (tertiary/aromatic N) is 2. The summed E-state index contributed by atoms with van der Waals surface area (Å²) in [6, 6.07) is 16.5. The monoisotopic (exact) mass is 377 g/mol. The van der Waals surface area contributed by atoms with Crippen molar-refractivity contribution in [1.29, 1.82) is 0 Å². The molecule has 3 heterocycles. The lowest BCUT2D eigenvalue weighted by Gasteiger charge is -1.99. The largest absolute Gasteiger partial charge is 0.457 e. The van der Waals surface area contributed by atoms with Gasteiger partial charge in [0.25, 0.3) is 0 Å². The van der Waals surface area contributed by atoms with E-state index in [4.69, 9.17) is 15.1 Å². The highest BCUT2D eigenvalue weighted by molar-refractivity contribution is 7.18. The second kappa shape index (κ2) is 7.53. The van der Waals surface area contributed by atoms with Gasteiger partial charge in [0.05, 0.1) is 5.39 Å². The van der Waals surface area contributed by atoms with Gasteiger partial charge >= 0.3 is 0 Å². The minimum Gasteiger partial charge on any atom is -0.457 e. The van der Waals surface area contributed by atoms with Crippen LogP contribution in [0.1, 0.15) is 48.8 Å². The summed E-state index contributed by atoms with van der Waals surface area (Å²) >= 11 is 1.67. The maximum atomic E-state index is 6.19. The van der Waals surface area contributed by atoms with E-state index in [1.54, 1.807) is 11.3 Å². The minimum absolute atomic E-state index is 0.514. The van der Waals surface area contributed by atoms with Gasteiger partial charge in [-0.3, -0.25) is 0 Å². The van der Waals surface area contributed by atoms with Crippen LogP contribution in [-0.2, 0) is 6.42 Å². The third-order valence-electron chi connectivity index (χ3n) is 4.52. The molecule has 3 aromatic heterocycles. The zero-order valence-corrected chi connectivity index (χ0v) is 16.4. The Bertz CT molecular complexity index is 1050. The number of anilines is 1.